The lowest BCUT2D eigenvalue weighted by molar-refractivity contribution is -0.132. The number of benzene rings is 1. The highest BCUT2D eigenvalue weighted by Gasteiger charge is 2.24. The first kappa shape index (κ1) is 16.8. The molecule has 1 amide bonds. The second kappa shape index (κ2) is 7.70. The number of piperidine rings is 1. The molecule has 7 heteroatoms. The number of aromatic nitrogens is 3. The summed E-state index contributed by atoms with van der Waals surface area (Å²) in [5.41, 5.74) is 0.649. The van der Waals surface area contributed by atoms with Crippen molar-refractivity contribution in [1.82, 2.24) is 19.7 Å². The maximum Gasteiger partial charge on any atom is 0.223 e. The monoisotopic (exact) mass is 390 g/mol. The Kier molecular flexibility index (Phi) is 5.40. The molecule has 2 heterocycles. The third kappa shape index (κ3) is 4.08. The Labute approximate surface area is 149 Å². The minimum Gasteiger partial charge on any atom is -0.343 e. The Bertz CT molecular complexity index is 692. The van der Waals surface area contributed by atoms with Gasteiger partial charge in [-0.1, -0.05) is 28.1 Å². The number of halogens is 1. The summed E-state index contributed by atoms with van der Waals surface area (Å²) in [5.74, 6) is 0.0610. The normalized spacial score (nSPS) is 15.5. The summed E-state index contributed by atoms with van der Waals surface area (Å²) in [4.78, 5) is 30.3. The van der Waals surface area contributed by atoms with Gasteiger partial charge in [0, 0.05) is 36.0 Å². The topological polar surface area (TPSA) is 68.1 Å². The fraction of sp³-hybridized carbons (Fsp3) is 0.412. The lowest BCUT2D eigenvalue weighted by atomic mass is 10.0. The molecule has 1 aliphatic heterocycles. The smallest absolute Gasteiger partial charge is 0.223 e. The van der Waals surface area contributed by atoms with Crippen molar-refractivity contribution in [2.75, 3.05) is 13.1 Å². The summed E-state index contributed by atoms with van der Waals surface area (Å²) in [6, 6.07) is 7.54. The quantitative estimate of drug-likeness (QED) is 0.736. The van der Waals surface area contributed by atoms with E-state index in [1.54, 1.807) is 18.5 Å². The van der Waals surface area contributed by atoms with Gasteiger partial charge in [0.2, 0.25) is 5.91 Å². The predicted octanol–water partition coefficient (Wildman–Crippen LogP) is 2.87. The molecule has 126 valence electrons. The van der Waals surface area contributed by atoms with Crippen LogP contribution in [-0.4, -0.2) is 44.4 Å². The van der Waals surface area contributed by atoms with Gasteiger partial charge in [-0.25, -0.2) is 9.67 Å². The van der Waals surface area contributed by atoms with Crippen LogP contribution in [0.15, 0.2) is 41.4 Å². The van der Waals surface area contributed by atoms with Crippen molar-refractivity contribution in [3.8, 4) is 0 Å². The predicted molar refractivity (Wildman–Crippen MR) is 92.6 cm³/mol. The summed E-state index contributed by atoms with van der Waals surface area (Å²) in [5, 5.41) is 4.16. The van der Waals surface area contributed by atoms with Gasteiger partial charge in [-0.3, -0.25) is 9.59 Å². The molecule has 0 spiro atoms. The lowest BCUT2D eigenvalue weighted by Crippen LogP contribution is -2.39. The molecule has 6 nitrogen and oxygen atoms in total. The number of nitrogens with zero attached hydrogens (tertiary/aromatic N) is 4. The molecule has 24 heavy (non-hydrogen) atoms. The van der Waals surface area contributed by atoms with Crippen molar-refractivity contribution in [1.29, 1.82) is 0 Å². The summed E-state index contributed by atoms with van der Waals surface area (Å²) in [7, 11) is 0. The summed E-state index contributed by atoms with van der Waals surface area (Å²) < 4.78 is 2.80. The first-order valence-electron chi connectivity index (χ1n) is 8.04. The van der Waals surface area contributed by atoms with Gasteiger partial charge in [0.15, 0.2) is 5.78 Å². The van der Waals surface area contributed by atoms with Crippen LogP contribution in [0.1, 0.15) is 42.1 Å². The van der Waals surface area contributed by atoms with E-state index in [9.17, 15) is 9.59 Å². The Hall–Kier alpha value is -2.02. The molecule has 0 unspecified atom stereocenters. The zero-order valence-corrected chi connectivity index (χ0v) is 14.9. The van der Waals surface area contributed by atoms with Gasteiger partial charge in [0.05, 0.1) is 6.04 Å². The number of rotatable bonds is 5. The molecule has 1 aromatic carbocycles. The number of ketones is 1. The molecule has 0 aliphatic carbocycles. The van der Waals surface area contributed by atoms with E-state index in [1.165, 1.54) is 6.33 Å². The first-order valence-corrected chi connectivity index (χ1v) is 8.83. The maximum absolute atomic E-state index is 12.3. The van der Waals surface area contributed by atoms with Crippen LogP contribution in [0.2, 0.25) is 0 Å². The molecule has 1 aromatic heterocycles. The summed E-state index contributed by atoms with van der Waals surface area (Å²) >= 11 is 3.35. The molecule has 2 aromatic rings. The Morgan fingerprint density at radius 1 is 1.12 bits per heavy atom. The Morgan fingerprint density at radius 2 is 1.83 bits per heavy atom. The largest absolute Gasteiger partial charge is 0.343 e. The highest BCUT2D eigenvalue weighted by atomic mass is 79.9. The number of likely N-dealkylation sites (tertiary alicyclic amines) is 1. The van der Waals surface area contributed by atoms with Gasteiger partial charge in [-0.05, 0) is 25.0 Å². The minimum absolute atomic E-state index is 0.00773. The molecular formula is C17H19BrN4O2. The van der Waals surface area contributed by atoms with Gasteiger partial charge < -0.3 is 4.90 Å². The van der Waals surface area contributed by atoms with Crippen LogP contribution in [-0.2, 0) is 4.79 Å². The SMILES string of the molecule is O=C(CCC(=O)N1CCC(n2cncn2)CC1)c1ccc(Br)cc1. The van der Waals surface area contributed by atoms with Crippen molar-refractivity contribution in [2.45, 2.75) is 31.7 Å². The van der Waals surface area contributed by atoms with E-state index in [2.05, 4.69) is 26.0 Å². The Morgan fingerprint density at radius 3 is 2.46 bits per heavy atom. The number of amides is 1. The van der Waals surface area contributed by atoms with E-state index < -0.39 is 0 Å². The van der Waals surface area contributed by atoms with Gasteiger partial charge >= 0.3 is 0 Å². The standard InChI is InChI=1S/C17H19BrN4O2/c18-14-3-1-13(2-4-14)16(23)5-6-17(24)21-9-7-15(8-10-21)22-12-19-11-20-22/h1-4,11-12,15H,5-10H2. The van der Waals surface area contributed by atoms with Gasteiger partial charge in [-0.15, -0.1) is 0 Å². The van der Waals surface area contributed by atoms with Crippen LogP contribution in [0.5, 0.6) is 0 Å². The molecule has 0 N–H and O–H groups in total. The molecule has 0 saturated carbocycles. The van der Waals surface area contributed by atoms with E-state index in [-0.39, 0.29) is 24.5 Å². The highest BCUT2D eigenvalue weighted by Crippen LogP contribution is 2.22. The van der Waals surface area contributed by atoms with Gasteiger partial charge in [-0.2, -0.15) is 5.10 Å². The van der Waals surface area contributed by atoms with Gasteiger partial charge in [0.1, 0.15) is 12.7 Å². The second-order valence-corrected chi connectivity index (χ2v) is 6.83. The molecule has 3 rings (SSSR count). The summed E-state index contributed by atoms with van der Waals surface area (Å²) in [6.45, 7) is 1.41. The highest BCUT2D eigenvalue weighted by molar-refractivity contribution is 9.10. The fourth-order valence-electron chi connectivity index (χ4n) is 2.94. The van der Waals surface area contributed by atoms with Crippen molar-refractivity contribution in [2.24, 2.45) is 0 Å². The fourth-order valence-corrected chi connectivity index (χ4v) is 3.21. The zero-order chi connectivity index (χ0) is 16.9. The molecule has 1 fully saturated rings. The van der Waals surface area contributed by atoms with Crippen molar-refractivity contribution < 1.29 is 9.59 Å². The van der Waals surface area contributed by atoms with Crippen LogP contribution in [0.4, 0.5) is 0 Å². The van der Waals surface area contributed by atoms with Crippen molar-refractivity contribution in [3.63, 3.8) is 0 Å². The van der Waals surface area contributed by atoms with Crippen LogP contribution in [0, 0.1) is 0 Å². The molecule has 1 saturated heterocycles. The van der Waals surface area contributed by atoms with E-state index in [0.717, 1.165) is 17.3 Å². The van der Waals surface area contributed by atoms with Crippen LogP contribution >= 0.6 is 15.9 Å². The van der Waals surface area contributed by atoms with E-state index in [1.807, 2.05) is 21.7 Å². The minimum atomic E-state index is 0.00773. The lowest BCUT2D eigenvalue weighted by Gasteiger charge is -2.31. The maximum atomic E-state index is 12.3. The average Bonchev–Trinajstić information content (AvgIpc) is 3.15. The number of hydrogen-bond donors (Lipinski definition) is 0. The zero-order valence-electron chi connectivity index (χ0n) is 13.3. The van der Waals surface area contributed by atoms with Crippen LogP contribution < -0.4 is 0 Å². The summed E-state index contributed by atoms with van der Waals surface area (Å²) in [6.07, 6.45) is 5.52. The average molecular weight is 391 g/mol. The number of hydrogen-bond acceptors (Lipinski definition) is 4. The van der Waals surface area contributed by atoms with Gasteiger partial charge in [0.25, 0.3) is 0 Å². The van der Waals surface area contributed by atoms with Crippen LogP contribution in [0.3, 0.4) is 0 Å². The molecule has 1 aliphatic rings. The van der Waals surface area contributed by atoms with Crippen molar-refractivity contribution >= 4 is 27.6 Å². The van der Waals surface area contributed by atoms with Crippen molar-refractivity contribution in [3.05, 3.63) is 47.0 Å². The van der Waals surface area contributed by atoms with E-state index in [4.69, 9.17) is 0 Å². The van der Waals surface area contributed by atoms with E-state index in [0.29, 0.717) is 24.7 Å². The first-order chi connectivity index (χ1) is 11.6. The molecular weight excluding hydrogens is 372 g/mol. The number of carbonyl (C=O) groups excluding carboxylic acids is 2. The molecule has 0 radical (unpaired) electrons. The Balaban J connectivity index is 1.46. The molecule has 0 atom stereocenters. The number of Topliss-reactive ketones (excluding diaryl/α,β-unsaturated/α-hetero) is 1. The van der Waals surface area contributed by atoms with Crippen LogP contribution in [0.25, 0.3) is 0 Å². The third-order valence-electron chi connectivity index (χ3n) is 4.36. The number of carbonyl (C=O) groups is 2. The second-order valence-electron chi connectivity index (χ2n) is 5.92. The molecule has 0 bridgehead atoms. The third-order valence-corrected chi connectivity index (χ3v) is 4.89. The van der Waals surface area contributed by atoms with E-state index >= 15 is 0 Å².